The summed E-state index contributed by atoms with van der Waals surface area (Å²) in [6, 6.07) is 0. The van der Waals surface area contributed by atoms with Gasteiger partial charge < -0.3 is 10.2 Å². The summed E-state index contributed by atoms with van der Waals surface area (Å²) in [6.45, 7) is 4.35. The van der Waals surface area contributed by atoms with E-state index in [2.05, 4.69) is 13.8 Å². The molecule has 22 heavy (non-hydrogen) atoms. The summed E-state index contributed by atoms with van der Waals surface area (Å²) < 4.78 is 0. The molecule has 0 saturated heterocycles. The van der Waals surface area contributed by atoms with Crippen LogP contribution in [0.25, 0.3) is 0 Å². The van der Waals surface area contributed by atoms with Crippen LogP contribution in [0, 0.1) is 0 Å². The lowest BCUT2D eigenvalue weighted by Crippen LogP contribution is -2.27. The molecule has 0 radical (unpaired) electrons. The molecule has 0 rings (SSSR count). The van der Waals surface area contributed by atoms with E-state index in [0.29, 0.717) is 12.8 Å². The molecular formula is C20H42O2. The Labute approximate surface area is 139 Å². The van der Waals surface area contributed by atoms with Gasteiger partial charge in [0.1, 0.15) is 0 Å². The molecule has 0 aliphatic carbocycles. The minimum Gasteiger partial charge on any atom is -0.366 e. The standard InChI is InChI=1S/C20H42O2/c1-3-5-7-8-9-10-11-12-13-14-15-16-17-19-20(21,22)18-6-4-2/h21-22H,3-19H2,1-2H3. The summed E-state index contributed by atoms with van der Waals surface area (Å²) >= 11 is 0. The Balaban J connectivity index is 3.17. The van der Waals surface area contributed by atoms with Gasteiger partial charge in [-0.2, -0.15) is 0 Å². The molecule has 0 aliphatic rings. The summed E-state index contributed by atoms with van der Waals surface area (Å²) in [7, 11) is 0. The molecule has 2 heteroatoms. The first-order valence-corrected chi connectivity index (χ1v) is 10.1. The largest absolute Gasteiger partial charge is 0.366 e. The number of aliphatic hydroxyl groups is 2. The topological polar surface area (TPSA) is 40.5 Å². The molecule has 0 atom stereocenters. The third kappa shape index (κ3) is 16.3. The Kier molecular flexibility index (Phi) is 15.7. The molecule has 0 heterocycles. The van der Waals surface area contributed by atoms with Gasteiger partial charge in [0.25, 0.3) is 0 Å². The van der Waals surface area contributed by atoms with Gasteiger partial charge >= 0.3 is 0 Å². The highest BCUT2D eigenvalue weighted by Gasteiger charge is 2.20. The van der Waals surface area contributed by atoms with E-state index in [0.717, 1.165) is 25.7 Å². The van der Waals surface area contributed by atoms with Gasteiger partial charge in [-0.25, -0.2) is 0 Å². The molecule has 2 nitrogen and oxygen atoms in total. The van der Waals surface area contributed by atoms with Gasteiger partial charge in [0.05, 0.1) is 0 Å². The lowest BCUT2D eigenvalue weighted by Gasteiger charge is -2.21. The molecule has 0 aromatic carbocycles. The molecule has 0 amide bonds. The molecule has 2 N–H and O–H groups in total. The average molecular weight is 315 g/mol. The van der Waals surface area contributed by atoms with Crippen LogP contribution in [0.4, 0.5) is 0 Å². The molecular weight excluding hydrogens is 272 g/mol. The predicted molar refractivity (Wildman–Crippen MR) is 97.0 cm³/mol. The van der Waals surface area contributed by atoms with E-state index in [-0.39, 0.29) is 0 Å². The van der Waals surface area contributed by atoms with Crippen LogP contribution in [0.3, 0.4) is 0 Å². The van der Waals surface area contributed by atoms with Crippen molar-refractivity contribution in [1.82, 2.24) is 0 Å². The molecule has 0 aromatic heterocycles. The molecule has 0 aliphatic heterocycles. The van der Waals surface area contributed by atoms with Crippen molar-refractivity contribution in [3.05, 3.63) is 0 Å². The predicted octanol–water partition coefficient (Wildman–Crippen LogP) is 6.34. The van der Waals surface area contributed by atoms with Crippen molar-refractivity contribution >= 4 is 0 Å². The van der Waals surface area contributed by atoms with E-state index < -0.39 is 5.79 Å². The number of rotatable bonds is 17. The highest BCUT2D eigenvalue weighted by molar-refractivity contribution is 4.64. The number of hydrogen-bond acceptors (Lipinski definition) is 2. The second-order valence-corrected chi connectivity index (χ2v) is 7.08. The smallest absolute Gasteiger partial charge is 0.162 e. The number of hydrogen-bond donors (Lipinski definition) is 2. The zero-order valence-corrected chi connectivity index (χ0v) is 15.4. The van der Waals surface area contributed by atoms with Gasteiger partial charge in [0, 0.05) is 12.8 Å². The van der Waals surface area contributed by atoms with Crippen LogP contribution in [0.5, 0.6) is 0 Å². The van der Waals surface area contributed by atoms with Crippen molar-refractivity contribution < 1.29 is 10.2 Å². The van der Waals surface area contributed by atoms with Crippen LogP contribution in [-0.2, 0) is 0 Å². The van der Waals surface area contributed by atoms with E-state index in [9.17, 15) is 10.2 Å². The van der Waals surface area contributed by atoms with Crippen molar-refractivity contribution in [2.24, 2.45) is 0 Å². The molecule has 0 saturated carbocycles. The van der Waals surface area contributed by atoms with Gasteiger partial charge in [-0.3, -0.25) is 0 Å². The first-order valence-electron chi connectivity index (χ1n) is 10.1. The molecule has 134 valence electrons. The zero-order chi connectivity index (χ0) is 16.5. The zero-order valence-electron chi connectivity index (χ0n) is 15.4. The minimum absolute atomic E-state index is 0.530. The van der Waals surface area contributed by atoms with Gasteiger partial charge in [0.15, 0.2) is 5.79 Å². The van der Waals surface area contributed by atoms with Gasteiger partial charge in [-0.05, 0) is 12.8 Å². The van der Waals surface area contributed by atoms with Gasteiger partial charge in [-0.15, -0.1) is 0 Å². The van der Waals surface area contributed by atoms with Crippen molar-refractivity contribution in [3.63, 3.8) is 0 Å². The Hall–Kier alpha value is -0.0800. The van der Waals surface area contributed by atoms with E-state index in [4.69, 9.17) is 0 Å². The second kappa shape index (κ2) is 15.8. The lowest BCUT2D eigenvalue weighted by atomic mass is 10.0. The van der Waals surface area contributed by atoms with Crippen molar-refractivity contribution in [3.8, 4) is 0 Å². The molecule has 0 bridgehead atoms. The normalized spacial score (nSPS) is 12.0. The van der Waals surface area contributed by atoms with Gasteiger partial charge in [-0.1, -0.05) is 97.3 Å². The van der Waals surface area contributed by atoms with E-state index >= 15 is 0 Å². The average Bonchev–Trinajstić information content (AvgIpc) is 2.50. The van der Waals surface area contributed by atoms with Crippen LogP contribution in [0.15, 0.2) is 0 Å². The maximum Gasteiger partial charge on any atom is 0.162 e. The maximum atomic E-state index is 9.78. The summed E-state index contributed by atoms with van der Waals surface area (Å²) in [5, 5.41) is 19.6. The van der Waals surface area contributed by atoms with Crippen LogP contribution in [0.2, 0.25) is 0 Å². The van der Waals surface area contributed by atoms with E-state index in [1.54, 1.807) is 0 Å². The van der Waals surface area contributed by atoms with Crippen molar-refractivity contribution in [1.29, 1.82) is 0 Å². The second-order valence-electron chi connectivity index (χ2n) is 7.08. The molecule has 0 spiro atoms. The van der Waals surface area contributed by atoms with Crippen molar-refractivity contribution in [2.75, 3.05) is 0 Å². The first-order chi connectivity index (χ1) is 10.6. The highest BCUT2D eigenvalue weighted by atomic mass is 16.5. The summed E-state index contributed by atoms with van der Waals surface area (Å²) in [5.41, 5.74) is 0. The van der Waals surface area contributed by atoms with Gasteiger partial charge in [0.2, 0.25) is 0 Å². The third-order valence-corrected chi connectivity index (χ3v) is 4.61. The van der Waals surface area contributed by atoms with Crippen LogP contribution >= 0.6 is 0 Å². The summed E-state index contributed by atoms with van der Waals surface area (Å²) in [5.74, 6) is -1.41. The van der Waals surface area contributed by atoms with Crippen LogP contribution < -0.4 is 0 Å². The Bertz CT molecular complexity index is 214. The fourth-order valence-corrected chi connectivity index (χ4v) is 3.01. The minimum atomic E-state index is -1.41. The van der Waals surface area contributed by atoms with E-state index in [1.807, 2.05) is 0 Å². The molecule has 0 aromatic rings. The Morgan fingerprint density at radius 3 is 1.18 bits per heavy atom. The van der Waals surface area contributed by atoms with Crippen LogP contribution in [-0.4, -0.2) is 16.0 Å². The fraction of sp³-hybridized carbons (Fsp3) is 1.00. The van der Waals surface area contributed by atoms with E-state index in [1.165, 1.54) is 70.6 Å². The fourth-order valence-electron chi connectivity index (χ4n) is 3.01. The van der Waals surface area contributed by atoms with Crippen LogP contribution in [0.1, 0.15) is 123 Å². The first kappa shape index (κ1) is 21.9. The lowest BCUT2D eigenvalue weighted by molar-refractivity contribution is -0.171. The third-order valence-electron chi connectivity index (χ3n) is 4.61. The highest BCUT2D eigenvalue weighted by Crippen LogP contribution is 2.19. The Morgan fingerprint density at radius 2 is 0.773 bits per heavy atom. The quantitative estimate of drug-likeness (QED) is 0.243. The monoisotopic (exact) mass is 314 g/mol. The Morgan fingerprint density at radius 1 is 0.455 bits per heavy atom. The van der Waals surface area contributed by atoms with Crippen molar-refractivity contribution in [2.45, 2.75) is 129 Å². The molecule has 0 fully saturated rings. The maximum absolute atomic E-state index is 9.78. The SMILES string of the molecule is CCCCCCCCCCCCCCCC(O)(O)CCCC. The summed E-state index contributed by atoms with van der Waals surface area (Å²) in [4.78, 5) is 0. The number of unbranched alkanes of at least 4 members (excludes halogenated alkanes) is 13. The summed E-state index contributed by atoms with van der Waals surface area (Å²) in [6.07, 6.45) is 20.2. The molecule has 0 unspecified atom stereocenters.